The van der Waals surface area contributed by atoms with Gasteiger partial charge in [0.1, 0.15) is 11.6 Å². The minimum Gasteiger partial charge on any atom is -0.308 e. The van der Waals surface area contributed by atoms with Crippen LogP contribution in [0, 0.1) is 13.8 Å². The molecule has 0 aliphatic carbocycles. The van der Waals surface area contributed by atoms with Gasteiger partial charge in [-0.1, -0.05) is 29.8 Å². The minimum atomic E-state index is 0.653. The quantitative estimate of drug-likeness (QED) is 0.622. The van der Waals surface area contributed by atoms with Crippen LogP contribution in [0.5, 0.6) is 0 Å². The molecule has 0 unspecified atom stereocenters. The SMILES string of the molecule is Cc1cccc(Cc2nc(C)cc(NN)n2)c1. The van der Waals surface area contributed by atoms with E-state index in [0.717, 1.165) is 17.9 Å². The molecule has 1 aromatic heterocycles. The summed E-state index contributed by atoms with van der Waals surface area (Å²) in [6, 6.07) is 10.2. The van der Waals surface area contributed by atoms with Gasteiger partial charge in [0, 0.05) is 18.2 Å². The smallest absolute Gasteiger partial charge is 0.143 e. The van der Waals surface area contributed by atoms with Gasteiger partial charge in [-0.3, -0.25) is 0 Å². The van der Waals surface area contributed by atoms with Gasteiger partial charge in [0.25, 0.3) is 0 Å². The average Bonchev–Trinajstić information content (AvgIpc) is 2.28. The topological polar surface area (TPSA) is 63.8 Å². The molecule has 88 valence electrons. The Balaban J connectivity index is 2.26. The van der Waals surface area contributed by atoms with E-state index in [-0.39, 0.29) is 0 Å². The molecule has 4 nitrogen and oxygen atoms in total. The van der Waals surface area contributed by atoms with Crippen molar-refractivity contribution in [2.45, 2.75) is 20.3 Å². The maximum atomic E-state index is 5.36. The molecule has 0 spiro atoms. The Kier molecular flexibility index (Phi) is 3.35. The van der Waals surface area contributed by atoms with Crippen LogP contribution < -0.4 is 11.3 Å². The summed E-state index contributed by atoms with van der Waals surface area (Å²) in [5, 5.41) is 0. The zero-order valence-corrected chi connectivity index (χ0v) is 10.1. The highest BCUT2D eigenvalue weighted by Gasteiger charge is 2.03. The number of nitrogens with one attached hydrogen (secondary N) is 1. The molecule has 1 heterocycles. The van der Waals surface area contributed by atoms with Crippen LogP contribution in [0.3, 0.4) is 0 Å². The van der Waals surface area contributed by atoms with Crippen molar-refractivity contribution in [3.8, 4) is 0 Å². The first-order valence-electron chi connectivity index (χ1n) is 5.54. The predicted molar refractivity (Wildman–Crippen MR) is 68.6 cm³/mol. The second-order valence-corrected chi connectivity index (χ2v) is 4.12. The maximum Gasteiger partial charge on any atom is 0.143 e. The van der Waals surface area contributed by atoms with Crippen molar-refractivity contribution in [2.75, 3.05) is 5.43 Å². The first kappa shape index (κ1) is 11.5. The number of aromatic nitrogens is 2. The molecule has 17 heavy (non-hydrogen) atoms. The van der Waals surface area contributed by atoms with E-state index in [0.29, 0.717) is 5.82 Å². The fourth-order valence-electron chi connectivity index (χ4n) is 1.79. The summed E-state index contributed by atoms with van der Waals surface area (Å²) in [6.45, 7) is 4.01. The highest BCUT2D eigenvalue weighted by Crippen LogP contribution is 2.11. The number of hydrogen-bond acceptors (Lipinski definition) is 4. The molecule has 2 rings (SSSR count). The lowest BCUT2D eigenvalue weighted by atomic mass is 10.1. The van der Waals surface area contributed by atoms with E-state index in [1.54, 1.807) is 0 Å². The van der Waals surface area contributed by atoms with Crippen LogP contribution in [0.15, 0.2) is 30.3 Å². The molecular weight excluding hydrogens is 212 g/mol. The van der Waals surface area contributed by atoms with Gasteiger partial charge in [0.15, 0.2) is 0 Å². The summed E-state index contributed by atoms with van der Waals surface area (Å²) in [7, 11) is 0. The standard InChI is InChI=1S/C13H16N4/c1-9-4-3-5-11(6-9)8-12-15-10(2)7-13(16-12)17-14/h3-7H,8,14H2,1-2H3,(H,15,16,17). The van der Waals surface area contributed by atoms with Gasteiger partial charge < -0.3 is 5.43 Å². The Labute approximate surface area is 101 Å². The zero-order valence-electron chi connectivity index (χ0n) is 10.1. The molecule has 0 saturated heterocycles. The van der Waals surface area contributed by atoms with Crippen molar-refractivity contribution in [3.05, 3.63) is 53.0 Å². The molecule has 4 heteroatoms. The molecular formula is C13H16N4. The Morgan fingerprint density at radius 1 is 1.18 bits per heavy atom. The minimum absolute atomic E-state index is 0.653. The molecule has 0 radical (unpaired) electrons. The van der Waals surface area contributed by atoms with Crippen LogP contribution in [-0.2, 0) is 6.42 Å². The molecule has 0 saturated carbocycles. The van der Waals surface area contributed by atoms with Gasteiger partial charge in [0.2, 0.25) is 0 Å². The van der Waals surface area contributed by atoms with Gasteiger partial charge >= 0.3 is 0 Å². The van der Waals surface area contributed by atoms with Crippen LogP contribution in [0.1, 0.15) is 22.6 Å². The van der Waals surface area contributed by atoms with Gasteiger partial charge in [-0.15, -0.1) is 0 Å². The van der Waals surface area contributed by atoms with Crippen molar-refractivity contribution in [3.63, 3.8) is 0 Å². The van der Waals surface area contributed by atoms with E-state index in [1.165, 1.54) is 11.1 Å². The number of rotatable bonds is 3. The third-order valence-electron chi connectivity index (χ3n) is 2.49. The van der Waals surface area contributed by atoms with Crippen molar-refractivity contribution in [2.24, 2.45) is 5.84 Å². The third-order valence-corrected chi connectivity index (χ3v) is 2.49. The van der Waals surface area contributed by atoms with Gasteiger partial charge in [-0.2, -0.15) is 0 Å². The summed E-state index contributed by atoms with van der Waals surface area (Å²) >= 11 is 0. The van der Waals surface area contributed by atoms with Crippen molar-refractivity contribution in [1.29, 1.82) is 0 Å². The van der Waals surface area contributed by atoms with Crippen LogP contribution in [-0.4, -0.2) is 9.97 Å². The summed E-state index contributed by atoms with van der Waals surface area (Å²) in [6.07, 6.45) is 0.720. The van der Waals surface area contributed by atoms with Gasteiger partial charge in [-0.05, 0) is 19.4 Å². The van der Waals surface area contributed by atoms with Crippen LogP contribution >= 0.6 is 0 Å². The summed E-state index contributed by atoms with van der Waals surface area (Å²) < 4.78 is 0. The fourth-order valence-corrected chi connectivity index (χ4v) is 1.79. The second kappa shape index (κ2) is 4.93. The molecule has 0 aliphatic heterocycles. The summed E-state index contributed by atoms with van der Waals surface area (Å²) in [4.78, 5) is 8.73. The molecule has 0 atom stereocenters. The normalized spacial score (nSPS) is 10.3. The van der Waals surface area contributed by atoms with Crippen LogP contribution in [0.4, 0.5) is 5.82 Å². The molecule has 3 N–H and O–H groups in total. The number of nitrogen functional groups attached to an aromatic ring is 1. The Morgan fingerprint density at radius 3 is 2.71 bits per heavy atom. The summed E-state index contributed by atoms with van der Waals surface area (Å²) in [5.41, 5.74) is 5.92. The maximum absolute atomic E-state index is 5.36. The van der Waals surface area contributed by atoms with Crippen LogP contribution in [0.2, 0.25) is 0 Å². The Morgan fingerprint density at radius 2 is 2.00 bits per heavy atom. The van der Waals surface area contributed by atoms with Gasteiger partial charge in [-0.25, -0.2) is 15.8 Å². The third kappa shape index (κ3) is 3.01. The second-order valence-electron chi connectivity index (χ2n) is 4.12. The van der Waals surface area contributed by atoms with Gasteiger partial charge in [0.05, 0.1) is 0 Å². The monoisotopic (exact) mass is 228 g/mol. The number of nitrogens with two attached hydrogens (primary N) is 1. The predicted octanol–water partition coefficient (Wildman–Crippen LogP) is 1.97. The molecule has 0 amide bonds. The van der Waals surface area contributed by atoms with E-state index in [9.17, 15) is 0 Å². The Bertz CT molecular complexity index is 523. The lowest BCUT2D eigenvalue weighted by molar-refractivity contribution is 0.939. The zero-order chi connectivity index (χ0) is 12.3. The fraction of sp³-hybridized carbons (Fsp3) is 0.231. The number of aryl methyl sites for hydroxylation is 2. The average molecular weight is 228 g/mol. The number of benzene rings is 1. The molecule has 0 aliphatic rings. The number of nitrogens with zero attached hydrogens (tertiary/aromatic N) is 2. The Hall–Kier alpha value is -1.94. The highest BCUT2D eigenvalue weighted by atomic mass is 15.3. The largest absolute Gasteiger partial charge is 0.308 e. The van der Waals surface area contributed by atoms with E-state index < -0.39 is 0 Å². The molecule has 1 aromatic carbocycles. The van der Waals surface area contributed by atoms with E-state index >= 15 is 0 Å². The first-order chi connectivity index (χ1) is 8.17. The lowest BCUT2D eigenvalue weighted by Gasteiger charge is -2.06. The number of hydrazine groups is 1. The van der Waals surface area contributed by atoms with Crippen molar-refractivity contribution in [1.82, 2.24) is 9.97 Å². The van der Waals surface area contributed by atoms with E-state index in [4.69, 9.17) is 5.84 Å². The number of hydrogen-bond donors (Lipinski definition) is 2. The highest BCUT2D eigenvalue weighted by molar-refractivity contribution is 5.35. The molecule has 2 aromatic rings. The lowest BCUT2D eigenvalue weighted by Crippen LogP contribution is -2.11. The van der Waals surface area contributed by atoms with Crippen molar-refractivity contribution >= 4 is 5.82 Å². The summed E-state index contributed by atoms with van der Waals surface area (Å²) in [5.74, 6) is 6.80. The van der Waals surface area contributed by atoms with Crippen molar-refractivity contribution < 1.29 is 0 Å². The first-order valence-corrected chi connectivity index (χ1v) is 5.54. The number of anilines is 1. The molecule has 0 fully saturated rings. The van der Waals surface area contributed by atoms with E-state index in [2.05, 4.69) is 40.5 Å². The van der Waals surface area contributed by atoms with Crippen LogP contribution in [0.25, 0.3) is 0 Å². The van der Waals surface area contributed by atoms with E-state index in [1.807, 2.05) is 19.1 Å². The molecule has 0 bridgehead atoms.